The van der Waals surface area contributed by atoms with Crippen LogP contribution in [0.1, 0.15) is 13.8 Å². The van der Waals surface area contributed by atoms with Gasteiger partial charge in [-0.25, -0.2) is 0 Å². The molecule has 0 saturated carbocycles. The maximum Gasteiger partial charge on any atom is 0.0639 e. The molecule has 0 spiro atoms. The molecule has 0 aromatic carbocycles. The van der Waals surface area contributed by atoms with Gasteiger partial charge in [-0.2, -0.15) is 0 Å². The van der Waals surface area contributed by atoms with Gasteiger partial charge >= 0.3 is 0 Å². The fourth-order valence-corrected chi connectivity index (χ4v) is 1.49. The Kier molecular flexibility index (Phi) is 3.30. The highest BCUT2D eigenvalue weighted by Crippen LogP contribution is 2.02. The Labute approximate surface area is 68.4 Å². The summed E-state index contributed by atoms with van der Waals surface area (Å²) in [5.41, 5.74) is 0. The number of aliphatic hydroxyl groups excluding tert-OH is 1. The second-order valence-corrected chi connectivity index (χ2v) is 3.40. The minimum absolute atomic E-state index is 0.199. The van der Waals surface area contributed by atoms with Crippen LogP contribution in [0.5, 0.6) is 0 Å². The van der Waals surface area contributed by atoms with Gasteiger partial charge in [-0.1, -0.05) is 0 Å². The third-order valence-electron chi connectivity index (χ3n) is 2.14. The van der Waals surface area contributed by atoms with Crippen molar-refractivity contribution in [1.29, 1.82) is 0 Å². The molecule has 66 valence electrons. The largest absolute Gasteiger partial charge is 0.392 e. The zero-order chi connectivity index (χ0) is 8.27. The zero-order valence-electron chi connectivity index (χ0n) is 7.38. The lowest BCUT2D eigenvalue weighted by Crippen LogP contribution is -2.51. The summed E-state index contributed by atoms with van der Waals surface area (Å²) < 4.78 is 0. The van der Waals surface area contributed by atoms with Crippen LogP contribution in [0.15, 0.2) is 0 Å². The van der Waals surface area contributed by atoms with E-state index < -0.39 is 0 Å². The van der Waals surface area contributed by atoms with Crippen LogP contribution in [0.4, 0.5) is 0 Å². The van der Waals surface area contributed by atoms with Gasteiger partial charge in [0.15, 0.2) is 0 Å². The van der Waals surface area contributed by atoms with Crippen LogP contribution in [0, 0.1) is 0 Å². The molecule has 11 heavy (non-hydrogen) atoms. The fourth-order valence-electron chi connectivity index (χ4n) is 1.49. The van der Waals surface area contributed by atoms with E-state index in [2.05, 4.69) is 17.1 Å². The molecule has 3 nitrogen and oxygen atoms in total. The van der Waals surface area contributed by atoms with E-state index in [9.17, 15) is 0 Å². The molecule has 2 atom stereocenters. The predicted molar refractivity (Wildman–Crippen MR) is 45.6 cm³/mol. The number of rotatable bonds is 2. The summed E-state index contributed by atoms with van der Waals surface area (Å²) in [6.07, 6.45) is -0.199. The molecular formula is C8H18N2O. The van der Waals surface area contributed by atoms with Crippen molar-refractivity contribution in [2.75, 3.05) is 26.2 Å². The molecular weight excluding hydrogens is 140 g/mol. The van der Waals surface area contributed by atoms with E-state index >= 15 is 0 Å². The molecule has 1 fully saturated rings. The maximum absolute atomic E-state index is 9.16. The molecule has 0 aliphatic carbocycles. The van der Waals surface area contributed by atoms with E-state index in [1.54, 1.807) is 0 Å². The molecule has 0 amide bonds. The van der Waals surface area contributed by atoms with Gasteiger partial charge in [0.05, 0.1) is 6.10 Å². The quantitative estimate of drug-likeness (QED) is 0.577. The lowest BCUT2D eigenvalue weighted by Gasteiger charge is -2.34. The fraction of sp³-hybridized carbons (Fsp3) is 1.00. The number of piperazine rings is 1. The van der Waals surface area contributed by atoms with Gasteiger partial charge in [0.25, 0.3) is 0 Å². The van der Waals surface area contributed by atoms with Gasteiger partial charge in [-0.3, -0.25) is 4.90 Å². The lowest BCUT2D eigenvalue weighted by molar-refractivity contribution is 0.0897. The third kappa shape index (κ3) is 2.77. The van der Waals surface area contributed by atoms with Crippen molar-refractivity contribution in [3.8, 4) is 0 Å². The molecule has 1 unspecified atom stereocenters. The number of β-amino-alcohol motifs (C(OH)–C–C–N with tert-alkyl or cyclic N) is 1. The molecule has 1 saturated heterocycles. The van der Waals surface area contributed by atoms with Crippen molar-refractivity contribution in [3.63, 3.8) is 0 Å². The highest BCUT2D eigenvalue weighted by Gasteiger charge is 2.18. The summed E-state index contributed by atoms with van der Waals surface area (Å²) >= 11 is 0. The first-order valence-corrected chi connectivity index (χ1v) is 4.33. The Balaban J connectivity index is 2.29. The average molecular weight is 158 g/mol. The van der Waals surface area contributed by atoms with E-state index in [0.717, 1.165) is 26.2 Å². The normalized spacial score (nSPS) is 30.3. The van der Waals surface area contributed by atoms with Crippen LogP contribution in [-0.2, 0) is 0 Å². The van der Waals surface area contributed by atoms with Gasteiger partial charge in [0, 0.05) is 32.2 Å². The van der Waals surface area contributed by atoms with Gasteiger partial charge in [0.2, 0.25) is 0 Å². The van der Waals surface area contributed by atoms with E-state index in [1.807, 2.05) is 6.92 Å². The molecule has 0 radical (unpaired) electrons. The molecule has 3 heteroatoms. The van der Waals surface area contributed by atoms with Crippen LogP contribution in [0.25, 0.3) is 0 Å². The second-order valence-electron chi connectivity index (χ2n) is 3.40. The first-order chi connectivity index (χ1) is 5.20. The Bertz CT molecular complexity index is 117. The summed E-state index contributed by atoms with van der Waals surface area (Å²) in [6, 6.07) is 0.568. The number of aliphatic hydroxyl groups is 1. The molecule has 1 aliphatic rings. The second kappa shape index (κ2) is 4.04. The smallest absolute Gasteiger partial charge is 0.0639 e. The predicted octanol–water partition coefficient (Wildman–Crippen LogP) is -0.339. The Morgan fingerprint density at radius 3 is 3.00 bits per heavy atom. The Hall–Kier alpha value is -0.120. The lowest BCUT2D eigenvalue weighted by atomic mass is 10.2. The molecule has 2 N–H and O–H groups in total. The first kappa shape index (κ1) is 8.97. The SMILES string of the molecule is CC(O)CN1CCNC[C@@H]1C. The van der Waals surface area contributed by atoms with Crippen molar-refractivity contribution in [3.05, 3.63) is 0 Å². The van der Waals surface area contributed by atoms with Crippen LogP contribution in [-0.4, -0.2) is 48.3 Å². The van der Waals surface area contributed by atoms with Crippen molar-refractivity contribution in [2.24, 2.45) is 0 Å². The van der Waals surface area contributed by atoms with E-state index in [1.165, 1.54) is 0 Å². The van der Waals surface area contributed by atoms with Gasteiger partial charge < -0.3 is 10.4 Å². The highest BCUT2D eigenvalue weighted by atomic mass is 16.3. The van der Waals surface area contributed by atoms with E-state index in [4.69, 9.17) is 5.11 Å². The topological polar surface area (TPSA) is 35.5 Å². The zero-order valence-corrected chi connectivity index (χ0v) is 7.38. The summed E-state index contributed by atoms with van der Waals surface area (Å²) in [6.45, 7) is 8.00. The third-order valence-corrected chi connectivity index (χ3v) is 2.14. The molecule has 1 heterocycles. The van der Waals surface area contributed by atoms with Crippen molar-refractivity contribution in [1.82, 2.24) is 10.2 Å². The van der Waals surface area contributed by atoms with Gasteiger partial charge in [-0.15, -0.1) is 0 Å². The van der Waals surface area contributed by atoms with Crippen LogP contribution in [0.2, 0.25) is 0 Å². The van der Waals surface area contributed by atoms with Crippen LogP contribution in [0.3, 0.4) is 0 Å². The van der Waals surface area contributed by atoms with Gasteiger partial charge in [0.1, 0.15) is 0 Å². The molecule has 0 aromatic rings. The number of nitrogens with zero attached hydrogens (tertiary/aromatic N) is 1. The van der Waals surface area contributed by atoms with Gasteiger partial charge in [-0.05, 0) is 13.8 Å². The Morgan fingerprint density at radius 2 is 2.45 bits per heavy atom. The van der Waals surface area contributed by atoms with E-state index in [0.29, 0.717) is 6.04 Å². The highest BCUT2D eigenvalue weighted by molar-refractivity contribution is 4.76. The summed E-state index contributed by atoms with van der Waals surface area (Å²) in [4.78, 5) is 2.32. The maximum atomic E-state index is 9.16. The summed E-state index contributed by atoms with van der Waals surface area (Å²) in [5.74, 6) is 0. The van der Waals surface area contributed by atoms with Crippen molar-refractivity contribution < 1.29 is 5.11 Å². The summed E-state index contributed by atoms with van der Waals surface area (Å²) in [7, 11) is 0. The number of nitrogens with one attached hydrogen (secondary N) is 1. The van der Waals surface area contributed by atoms with Crippen molar-refractivity contribution >= 4 is 0 Å². The van der Waals surface area contributed by atoms with E-state index in [-0.39, 0.29) is 6.10 Å². The summed E-state index contributed by atoms with van der Waals surface area (Å²) in [5, 5.41) is 12.5. The standard InChI is InChI=1S/C8H18N2O/c1-7-5-9-3-4-10(7)6-8(2)11/h7-9,11H,3-6H2,1-2H3/t7-,8?/m0/s1. The average Bonchev–Trinajstić information content (AvgIpc) is 1.93. The molecule has 1 aliphatic heterocycles. The monoisotopic (exact) mass is 158 g/mol. The first-order valence-electron chi connectivity index (χ1n) is 4.33. The minimum Gasteiger partial charge on any atom is -0.392 e. The molecule has 0 aromatic heterocycles. The number of hydrogen-bond donors (Lipinski definition) is 2. The molecule has 0 bridgehead atoms. The minimum atomic E-state index is -0.199. The molecule has 1 rings (SSSR count). The van der Waals surface area contributed by atoms with Crippen LogP contribution < -0.4 is 5.32 Å². The Morgan fingerprint density at radius 1 is 1.73 bits per heavy atom. The van der Waals surface area contributed by atoms with Crippen molar-refractivity contribution in [2.45, 2.75) is 26.0 Å². The van der Waals surface area contributed by atoms with Crippen LogP contribution >= 0.6 is 0 Å². The number of hydrogen-bond acceptors (Lipinski definition) is 3.